The zero-order valence-corrected chi connectivity index (χ0v) is 14.9. The number of aromatic hydroxyl groups is 2. The molecule has 0 aliphatic rings. The van der Waals surface area contributed by atoms with E-state index in [4.69, 9.17) is 54.5 Å². The predicted octanol–water partition coefficient (Wildman–Crippen LogP) is -1.91. The molecular formula is C10H20N2O12P2. The Bertz CT molecular complexity index is 650. The van der Waals surface area contributed by atoms with Gasteiger partial charge >= 0.3 is 21.6 Å². The highest BCUT2D eigenvalue weighted by Crippen LogP contribution is 2.27. The summed E-state index contributed by atoms with van der Waals surface area (Å²) in [6.45, 7) is 1.43. The molecule has 0 saturated heterocycles. The van der Waals surface area contributed by atoms with E-state index >= 15 is 0 Å². The van der Waals surface area contributed by atoms with Crippen LogP contribution in [0, 0.1) is 0 Å². The molecule has 0 spiro atoms. The van der Waals surface area contributed by atoms with Gasteiger partial charge in [0.2, 0.25) is 0 Å². The summed E-state index contributed by atoms with van der Waals surface area (Å²) in [6.07, 6.45) is 0.0900. The summed E-state index contributed by atoms with van der Waals surface area (Å²) in [5, 5.41) is 27.3. The van der Waals surface area contributed by atoms with Crippen LogP contribution in [-0.2, 0) is 20.3 Å². The molecule has 0 bridgehead atoms. The number of hydrogen-bond donors (Lipinski definition) is 11. The average molecular weight is 422 g/mol. The third-order valence-electron chi connectivity index (χ3n) is 2.39. The Morgan fingerprint density at radius 3 is 1.69 bits per heavy atom. The number of nitrogens with two attached hydrogens (primary N) is 1. The lowest BCUT2D eigenvalue weighted by atomic mass is 9.93. The van der Waals surface area contributed by atoms with Gasteiger partial charge in [-0.2, -0.15) is 0 Å². The fourth-order valence-corrected chi connectivity index (χ4v) is 1.28. The van der Waals surface area contributed by atoms with E-state index in [9.17, 15) is 9.90 Å². The minimum absolute atomic E-state index is 0.0900. The van der Waals surface area contributed by atoms with Crippen molar-refractivity contribution in [3.8, 4) is 11.5 Å². The molecule has 1 rings (SSSR count). The first-order valence-corrected chi connectivity index (χ1v) is 9.30. The molecule has 0 saturated carbocycles. The summed E-state index contributed by atoms with van der Waals surface area (Å²) in [5.41, 5.74) is 1.45. The molecule has 26 heavy (non-hydrogen) atoms. The molecule has 12 N–H and O–H groups in total. The highest BCUT2D eigenvalue weighted by Gasteiger charge is 2.32. The first-order valence-electron chi connectivity index (χ1n) is 6.17. The van der Waals surface area contributed by atoms with E-state index in [-0.39, 0.29) is 17.9 Å². The van der Waals surface area contributed by atoms with Crippen molar-refractivity contribution < 1.29 is 58.6 Å². The zero-order valence-electron chi connectivity index (χ0n) is 13.2. The summed E-state index contributed by atoms with van der Waals surface area (Å²) in [7, 11) is -9.28. The number of aliphatic carboxylic acids is 1. The molecule has 1 atom stereocenters. The van der Waals surface area contributed by atoms with Crippen LogP contribution in [0.3, 0.4) is 0 Å². The lowest BCUT2D eigenvalue weighted by Gasteiger charge is -2.23. The van der Waals surface area contributed by atoms with Crippen molar-refractivity contribution in [2.45, 2.75) is 18.9 Å². The molecule has 0 aromatic heterocycles. The molecule has 0 aliphatic carbocycles. The van der Waals surface area contributed by atoms with Gasteiger partial charge in [0.05, 0.1) is 0 Å². The molecule has 16 heteroatoms. The summed E-state index contributed by atoms with van der Waals surface area (Å²) >= 11 is 0. The Labute approximate surface area is 146 Å². The number of benzene rings is 1. The van der Waals surface area contributed by atoms with Gasteiger partial charge in [0.25, 0.3) is 0 Å². The molecule has 152 valence electrons. The van der Waals surface area contributed by atoms with Crippen LogP contribution < -0.4 is 11.3 Å². The van der Waals surface area contributed by atoms with Crippen LogP contribution >= 0.6 is 15.6 Å². The lowest BCUT2D eigenvalue weighted by molar-refractivity contribution is -0.144. The highest BCUT2D eigenvalue weighted by molar-refractivity contribution is 7.45. The van der Waals surface area contributed by atoms with Gasteiger partial charge in [-0.15, -0.1) is 0 Å². The second-order valence-corrected chi connectivity index (χ2v) is 6.86. The van der Waals surface area contributed by atoms with Crippen molar-refractivity contribution >= 4 is 21.6 Å². The fraction of sp³-hybridized carbons (Fsp3) is 0.300. The molecule has 0 fully saturated rings. The molecule has 0 amide bonds. The van der Waals surface area contributed by atoms with Gasteiger partial charge in [-0.3, -0.25) is 10.6 Å². The van der Waals surface area contributed by atoms with Gasteiger partial charge < -0.3 is 44.7 Å². The SMILES string of the molecule is CC(Cc1ccc(O)c(O)c1)(NN)C(=O)O.O=P(O)(O)O.O=P(O)(O)O. The van der Waals surface area contributed by atoms with Crippen molar-refractivity contribution in [1.29, 1.82) is 0 Å². The molecule has 1 unspecified atom stereocenters. The van der Waals surface area contributed by atoms with E-state index in [1.807, 2.05) is 0 Å². The Balaban J connectivity index is 0. The number of phenolic OH excluding ortho intramolecular Hbond substituents is 2. The van der Waals surface area contributed by atoms with Crippen molar-refractivity contribution in [1.82, 2.24) is 5.43 Å². The Morgan fingerprint density at radius 2 is 1.42 bits per heavy atom. The van der Waals surface area contributed by atoms with Crippen molar-refractivity contribution in [3.63, 3.8) is 0 Å². The predicted molar refractivity (Wildman–Crippen MR) is 85.4 cm³/mol. The van der Waals surface area contributed by atoms with Gasteiger partial charge in [0.1, 0.15) is 5.54 Å². The second-order valence-electron chi connectivity index (χ2n) is 4.81. The number of carboxylic acids is 1. The summed E-state index contributed by atoms with van der Waals surface area (Å²) < 4.78 is 17.8. The number of rotatable bonds is 4. The molecule has 14 nitrogen and oxygen atoms in total. The maximum atomic E-state index is 11.0. The van der Waals surface area contributed by atoms with Crippen LogP contribution in [0.25, 0.3) is 0 Å². The zero-order chi connectivity index (χ0) is 21.3. The Morgan fingerprint density at radius 1 is 1.04 bits per heavy atom. The van der Waals surface area contributed by atoms with Gasteiger partial charge in [-0.05, 0) is 24.6 Å². The van der Waals surface area contributed by atoms with E-state index in [0.29, 0.717) is 5.56 Å². The third-order valence-corrected chi connectivity index (χ3v) is 2.39. The fourth-order valence-electron chi connectivity index (χ4n) is 1.28. The molecule has 1 aromatic carbocycles. The summed E-state index contributed by atoms with van der Waals surface area (Å²) in [5.74, 6) is 3.55. The van der Waals surface area contributed by atoms with Gasteiger partial charge in [0.15, 0.2) is 11.5 Å². The van der Waals surface area contributed by atoms with Crippen LogP contribution in [0.2, 0.25) is 0 Å². The smallest absolute Gasteiger partial charge is 0.466 e. The molecule has 0 aliphatic heterocycles. The topological polar surface area (TPSA) is 271 Å². The minimum atomic E-state index is -4.64. The van der Waals surface area contributed by atoms with Crippen LogP contribution in [0.5, 0.6) is 11.5 Å². The van der Waals surface area contributed by atoms with Crippen molar-refractivity contribution in [2.75, 3.05) is 0 Å². The van der Waals surface area contributed by atoms with E-state index < -0.39 is 27.2 Å². The summed E-state index contributed by atoms with van der Waals surface area (Å²) in [6, 6.07) is 4.12. The first kappa shape index (κ1) is 26.7. The number of hydrazine groups is 1. The third kappa shape index (κ3) is 15.9. The number of carbonyl (C=O) groups is 1. The Hall–Kier alpha value is -1.57. The normalized spacial score (nSPS) is 13.4. The number of hydrogen-bond acceptors (Lipinski definition) is 7. The lowest BCUT2D eigenvalue weighted by Crippen LogP contribution is -2.54. The van der Waals surface area contributed by atoms with E-state index in [1.54, 1.807) is 0 Å². The molecule has 0 radical (unpaired) electrons. The molecular weight excluding hydrogens is 402 g/mol. The maximum absolute atomic E-state index is 11.0. The Kier molecular flexibility index (Phi) is 10.8. The second kappa shape index (κ2) is 10.5. The quantitative estimate of drug-likeness (QED) is 0.109. The number of phosphoric acid groups is 2. The van der Waals surface area contributed by atoms with Crippen LogP contribution in [-0.4, -0.2) is 56.2 Å². The largest absolute Gasteiger partial charge is 0.504 e. The summed E-state index contributed by atoms with van der Waals surface area (Å²) in [4.78, 5) is 54.1. The van der Waals surface area contributed by atoms with Crippen molar-refractivity contribution in [3.05, 3.63) is 23.8 Å². The first-order chi connectivity index (χ1) is 11.4. The maximum Gasteiger partial charge on any atom is 0.466 e. The number of carboxylic acid groups (broad SMARTS) is 1. The van der Waals surface area contributed by atoms with Gasteiger partial charge in [0, 0.05) is 6.42 Å². The molecule has 1 aromatic rings. The average Bonchev–Trinajstić information content (AvgIpc) is 2.39. The van der Waals surface area contributed by atoms with Crippen molar-refractivity contribution in [2.24, 2.45) is 5.84 Å². The molecule has 0 heterocycles. The minimum Gasteiger partial charge on any atom is -0.504 e. The van der Waals surface area contributed by atoms with Gasteiger partial charge in [-0.25, -0.2) is 14.6 Å². The van der Waals surface area contributed by atoms with E-state index in [1.165, 1.54) is 25.1 Å². The van der Waals surface area contributed by atoms with Crippen LogP contribution in [0.15, 0.2) is 18.2 Å². The van der Waals surface area contributed by atoms with E-state index in [2.05, 4.69) is 5.43 Å². The number of nitrogens with one attached hydrogen (secondary N) is 1. The van der Waals surface area contributed by atoms with Gasteiger partial charge in [-0.1, -0.05) is 6.07 Å². The highest BCUT2D eigenvalue weighted by atomic mass is 31.2. The van der Waals surface area contributed by atoms with Crippen LogP contribution in [0.1, 0.15) is 12.5 Å². The van der Waals surface area contributed by atoms with Crippen LogP contribution in [0.4, 0.5) is 0 Å². The van der Waals surface area contributed by atoms with E-state index in [0.717, 1.165) is 0 Å². The number of phenols is 2. The monoisotopic (exact) mass is 422 g/mol. The standard InChI is InChI=1S/C10H14N2O4.2H3O4P/c1-10(12-11,9(15)16)5-6-2-3-7(13)8(14)4-6;2*1-5(2,3)4/h2-4,12-14H,5,11H2,1H3,(H,15,16);2*(H3,1,2,3,4).